The Morgan fingerprint density at radius 2 is 1.53 bits per heavy atom. The van der Waals surface area contributed by atoms with Crippen molar-refractivity contribution in [1.82, 2.24) is 14.7 Å². The van der Waals surface area contributed by atoms with Gasteiger partial charge in [-0.2, -0.15) is 26.3 Å². The first-order chi connectivity index (χ1) is 17.6. The Hall–Kier alpha value is -2.39. The second-order valence-corrected chi connectivity index (χ2v) is 10.4. The molecule has 3 aliphatic rings. The average molecular weight is 576 g/mol. The Morgan fingerprint density at radius 1 is 0.974 bits per heavy atom. The number of hydrogen-bond acceptors (Lipinski definition) is 6. The van der Waals surface area contributed by atoms with Crippen molar-refractivity contribution >= 4 is 29.2 Å². The van der Waals surface area contributed by atoms with Crippen molar-refractivity contribution in [3.05, 3.63) is 22.4 Å². The van der Waals surface area contributed by atoms with Gasteiger partial charge in [0.2, 0.25) is 5.91 Å². The molecule has 15 heteroatoms. The van der Waals surface area contributed by atoms with Gasteiger partial charge in [0.15, 0.2) is 0 Å². The smallest absolute Gasteiger partial charge is 0.475 e. The minimum atomic E-state index is -5.08. The van der Waals surface area contributed by atoms with Crippen molar-refractivity contribution in [2.24, 2.45) is 5.92 Å². The maximum atomic E-state index is 12.3. The molecule has 0 saturated carbocycles. The van der Waals surface area contributed by atoms with Crippen LogP contribution in [0, 0.1) is 5.92 Å². The summed E-state index contributed by atoms with van der Waals surface area (Å²) in [7, 11) is 0. The zero-order valence-corrected chi connectivity index (χ0v) is 21.5. The highest BCUT2D eigenvalue weighted by Gasteiger charge is 2.45. The molecule has 8 nitrogen and oxygen atoms in total. The summed E-state index contributed by atoms with van der Waals surface area (Å²) in [4.78, 5) is 39.0. The summed E-state index contributed by atoms with van der Waals surface area (Å²) in [6.07, 6.45) is -5.17. The number of carbonyl (C=O) groups excluding carboxylic acids is 1. The van der Waals surface area contributed by atoms with Crippen LogP contribution < -0.4 is 0 Å². The van der Waals surface area contributed by atoms with Crippen LogP contribution in [0.25, 0.3) is 0 Å². The minimum Gasteiger partial charge on any atom is -0.475 e. The highest BCUT2D eigenvalue weighted by molar-refractivity contribution is 7.09. The topological polar surface area (TPSA) is 101 Å². The van der Waals surface area contributed by atoms with Crippen molar-refractivity contribution < 1.29 is 50.9 Å². The number of piperidine rings is 1. The third-order valence-electron chi connectivity index (χ3n) is 6.58. The van der Waals surface area contributed by atoms with E-state index in [0.29, 0.717) is 23.9 Å². The lowest BCUT2D eigenvalue weighted by molar-refractivity contribution is -0.193. The fraction of sp³-hybridized carbons (Fsp3) is 0.696. The number of carbonyl (C=O) groups is 3. The molecule has 1 aromatic rings. The molecule has 4 rings (SSSR count). The first-order valence-electron chi connectivity index (χ1n) is 12.0. The quantitative estimate of drug-likeness (QED) is 0.525. The normalized spacial score (nSPS) is 24.1. The molecule has 0 aliphatic carbocycles. The standard InChI is InChI=1S/C19H29N3OS.2C2HF3O2/c1-15(23)22-17(13-20-7-2-3-8-20)11-16-12-21(9-6-19(16)22)14-18-5-4-10-24-18;2*3-2(4,5)1(6)7/h4-5,10,16-17,19H,2-3,6-9,11-14H2,1H3;2*(H,6,7)/t16-,17+,19+;;/m1../s1. The molecule has 38 heavy (non-hydrogen) atoms. The number of thiophene rings is 1. The largest absolute Gasteiger partial charge is 0.490 e. The maximum Gasteiger partial charge on any atom is 0.490 e. The number of hydrogen-bond donors (Lipinski definition) is 2. The summed E-state index contributed by atoms with van der Waals surface area (Å²) in [6.45, 7) is 8.68. The molecule has 4 heterocycles. The molecule has 0 bridgehead atoms. The molecule has 0 unspecified atom stereocenters. The van der Waals surface area contributed by atoms with Crippen LogP contribution in [0.15, 0.2) is 17.5 Å². The van der Waals surface area contributed by atoms with Crippen molar-refractivity contribution in [3.8, 4) is 0 Å². The van der Waals surface area contributed by atoms with Crippen LogP contribution in [0.4, 0.5) is 26.3 Å². The summed E-state index contributed by atoms with van der Waals surface area (Å²) in [5.41, 5.74) is 0. The molecule has 2 N–H and O–H groups in total. The second-order valence-electron chi connectivity index (χ2n) is 9.36. The first-order valence-corrected chi connectivity index (χ1v) is 12.8. The molecule has 0 aromatic carbocycles. The van der Waals surface area contributed by atoms with E-state index in [1.807, 2.05) is 11.3 Å². The van der Waals surface area contributed by atoms with Crippen molar-refractivity contribution in [3.63, 3.8) is 0 Å². The third-order valence-corrected chi connectivity index (χ3v) is 7.44. The molecule has 0 radical (unpaired) electrons. The molecule has 3 saturated heterocycles. The Labute approximate surface area is 219 Å². The highest BCUT2D eigenvalue weighted by Crippen LogP contribution is 2.37. The lowest BCUT2D eigenvalue weighted by Crippen LogP contribution is -2.49. The van der Waals surface area contributed by atoms with Crippen LogP contribution >= 0.6 is 11.3 Å². The van der Waals surface area contributed by atoms with Gasteiger partial charge in [-0.15, -0.1) is 11.3 Å². The number of nitrogens with zero attached hydrogens (tertiary/aromatic N) is 3. The molecule has 0 spiro atoms. The summed E-state index contributed by atoms with van der Waals surface area (Å²) >= 11 is 1.86. The predicted molar refractivity (Wildman–Crippen MR) is 125 cm³/mol. The van der Waals surface area contributed by atoms with Crippen LogP contribution in [0.1, 0.15) is 37.5 Å². The highest BCUT2D eigenvalue weighted by atomic mass is 32.1. The van der Waals surface area contributed by atoms with E-state index in [1.165, 1.54) is 37.2 Å². The van der Waals surface area contributed by atoms with Gasteiger partial charge in [-0.3, -0.25) is 9.69 Å². The number of aliphatic carboxylic acids is 2. The third kappa shape index (κ3) is 9.73. The molecular weight excluding hydrogens is 544 g/mol. The number of carboxylic acids is 2. The van der Waals surface area contributed by atoms with Crippen LogP contribution in [-0.2, 0) is 20.9 Å². The Balaban J connectivity index is 0.000000301. The molecule has 1 amide bonds. The summed E-state index contributed by atoms with van der Waals surface area (Å²) in [6, 6.07) is 5.31. The fourth-order valence-electron chi connectivity index (χ4n) is 5.11. The van der Waals surface area contributed by atoms with E-state index in [4.69, 9.17) is 19.8 Å². The van der Waals surface area contributed by atoms with Gasteiger partial charge in [0.25, 0.3) is 0 Å². The molecule has 3 atom stereocenters. The molecular formula is C23H31F6N3O5S. The number of fused-ring (bicyclic) bond motifs is 1. The fourth-order valence-corrected chi connectivity index (χ4v) is 5.86. The maximum absolute atomic E-state index is 12.3. The summed E-state index contributed by atoms with van der Waals surface area (Å²) < 4.78 is 63.5. The number of halogens is 6. The van der Waals surface area contributed by atoms with Gasteiger partial charge in [-0.05, 0) is 56.1 Å². The van der Waals surface area contributed by atoms with E-state index >= 15 is 0 Å². The molecule has 1 aromatic heterocycles. The van der Waals surface area contributed by atoms with Crippen LogP contribution in [-0.4, -0.2) is 99.9 Å². The molecule has 3 fully saturated rings. The Bertz CT molecular complexity index is 898. The zero-order valence-electron chi connectivity index (χ0n) is 20.7. The number of alkyl halides is 6. The lowest BCUT2D eigenvalue weighted by Gasteiger charge is -2.38. The van der Waals surface area contributed by atoms with Gasteiger partial charge >= 0.3 is 24.3 Å². The van der Waals surface area contributed by atoms with E-state index < -0.39 is 24.3 Å². The second kappa shape index (κ2) is 13.6. The molecule has 216 valence electrons. The van der Waals surface area contributed by atoms with Gasteiger partial charge in [0, 0.05) is 50.1 Å². The average Bonchev–Trinajstić information content (AvgIpc) is 3.54. The van der Waals surface area contributed by atoms with Gasteiger partial charge in [-0.1, -0.05) is 6.07 Å². The lowest BCUT2D eigenvalue weighted by atomic mass is 9.92. The first kappa shape index (κ1) is 31.8. The van der Waals surface area contributed by atoms with Gasteiger partial charge in [0.1, 0.15) is 0 Å². The number of carboxylic acid groups (broad SMARTS) is 2. The molecule has 3 aliphatic heterocycles. The van der Waals surface area contributed by atoms with E-state index in [2.05, 4.69) is 32.2 Å². The van der Waals surface area contributed by atoms with Crippen LogP contribution in [0.3, 0.4) is 0 Å². The minimum absolute atomic E-state index is 0.290. The zero-order chi connectivity index (χ0) is 28.7. The van der Waals surface area contributed by atoms with Crippen LogP contribution in [0.5, 0.6) is 0 Å². The summed E-state index contributed by atoms with van der Waals surface area (Å²) in [5, 5.41) is 16.4. The SMILES string of the molecule is CC(=O)N1[C@H](CN2CCCC2)C[C@@H]2CN(Cc3cccs3)CC[C@@H]21.O=C(O)C(F)(F)F.O=C(O)C(F)(F)F. The van der Waals surface area contributed by atoms with Crippen molar-refractivity contribution in [2.45, 2.75) is 63.6 Å². The number of amides is 1. The van der Waals surface area contributed by atoms with E-state index in [0.717, 1.165) is 32.6 Å². The van der Waals surface area contributed by atoms with Crippen molar-refractivity contribution in [1.29, 1.82) is 0 Å². The Kier molecular flexibility index (Phi) is 11.4. The van der Waals surface area contributed by atoms with Gasteiger partial charge < -0.3 is 20.0 Å². The number of likely N-dealkylation sites (tertiary alicyclic amines) is 3. The number of rotatable bonds is 4. The monoisotopic (exact) mass is 575 g/mol. The van der Waals surface area contributed by atoms with Gasteiger partial charge in [0.05, 0.1) is 0 Å². The van der Waals surface area contributed by atoms with E-state index in [-0.39, 0.29) is 0 Å². The van der Waals surface area contributed by atoms with Crippen LogP contribution in [0.2, 0.25) is 0 Å². The van der Waals surface area contributed by atoms with E-state index in [9.17, 15) is 31.1 Å². The Morgan fingerprint density at radius 3 is 1.97 bits per heavy atom. The van der Waals surface area contributed by atoms with Crippen molar-refractivity contribution in [2.75, 3.05) is 32.7 Å². The van der Waals surface area contributed by atoms with E-state index in [1.54, 1.807) is 6.92 Å². The van der Waals surface area contributed by atoms with Gasteiger partial charge in [-0.25, -0.2) is 9.59 Å². The summed E-state index contributed by atoms with van der Waals surface area (Å²) in [5.74, 6) is -4.56. The predicted octanol–water partition coefficient (Wildman–Crippen LogP) is 3.92.